The fourth-order valence-electron chi connectivity index (χ4n) is 2.67. The van der Waals surface area contributed by atoms with E-state index in [4.69, 9.17) is 5.11 Å². The number of hydrogen-bond donors (Lipinski definition) is 2. The molecule has 1 aliphatic rings. The largest absolute Gasteiger partial charge is 0.395 e. The van der Waals surface area contributed by atoms with E-state index in [1.807, 2.05) is 0 Å². The minimum absolute atomic E-state index is 0.206. The Morgan fingerprint density at radius 1 is 1.14 bits per heavy atom. The van der Waals surface area contributed by atoms with Crippen LogP contribution in [0.2, 0.25) is 0 Å². The van der Waals surface area contributed by atoms with Gasteiger partial charge < -0.3 is 15.1 Å². The monoisotopic (exact) mass is 296 g/mol. The summed E-state index contributed by atoms with van der Waals surface area (Å²) in [6.45, 7) is 7.29. The number of aliphatic hydroxyl groups is 2. The zero-order chi connectivity index (χ0) is 15.2. The molecule has 0 saturated carbocycles. The molecule has 0 spiro atoms. The van der Waals surface area contributed by atoms with Gasteiger partial charge in [-0.25, -0.2) is 4.39 Å². The minimum Gasteiger partial charge on any atom is -0.395 e. The van der Waals surface area contributed by atoms with Crippen LogP contribution in [0.1, 0.15) is 23.7 Å². The van der Waals surface area contributed by atoms with E-state index in [-0.39, 0.29) is 12.4 Å². The van der Waals surface area contributed by atoms with Gasteiger partial charge in [0.05, 0.1) is 12.7 Å². The van der Waals surface area contributed by atoms with Crippen LogP contribution in [0, 0.1) is 12.7 Å². The van der Waals surface area contributed by atoms with Crippen LogP contribution < -0.4 is 0 Å². The van der Waals surface area contributed by atoms with Crippen LogP contribution in [0.25, 0.3) is 0 Å². The summed E-state index contributed by atoms with van der Waals surface area (Å²) in [5.41, 5.74) is 1.25. The molecule has 21 heavy (non-hydrogen) atoms. The first-order valence-corrected chi connectivity index (χ1v) is 7.60. The second-order valence-corrected chi connectivity index (χ2v) is 5.72. The molecule has 1 aliphatic heterocycles. The first kappa shape index (κ1) is 16.4. The Bertz CT molecular complexity index is 448. The Balaban J connectivity index is 1.76. The van der Waals surface area contributed by atoms with Crippen molar-refractivity contribution >= 4 is 0 Å². The Morgan fingerprint density at radius 2 is 1.76 bits per heavy atom. The maximum atomic E-state index is 13.5. The highest BCUT2D eigenvalue weighted by Gasteiger charge is 2.17. The van der Waals surface area contributed by atoms with Crippen molar-refractivity contribution in [3.8, 4) is 0 Å². The van der Waals surface area contributed by atoms with Crippen LogP contribution in [0.15, 0.2) is 18.2 Å². The summed E-state index contributed by atoms with van der Waals surface area (Å²) < 4.78 is 13.5. The van der Waals surface area contributed by atoms with E-state index >= 15 is 0 Å². The molecule has 5 heteroatoms. The summed E-state index contributed by atoms with van der Waals surface area (Å²) in [5.74, 6) is -0.260. The first-order valence-electron chi connectivity index (χ1n) is 7.60. The van der Waals surface area contributed by atoms with Crippen LogP contribution >= 0.6 is 0 Å². The summed E-state index contributed by atoms with van der Waals surface area (Å²) in [4.78, 5) is 4.55. The molecule has 118 valence electrons. The zero-order valence-electron chi connectivity index (χ0n) is 12.6. The SMILES string of the molecule is Cc1ccc(C(O)CCN2CCN(CCO)CC2)cc1F. The third-order valence-electron chi connectivity index (χ3n) is 4.18. The number of benzene rings is 1. The Hall–Kier alpha value is -1.01. The highest BCUT2D eigenvalue weighted by molar-refractivity contribution is 5.24. The molecular formula is C16H25FN2O2. The van der Waals surface area contributed by atoms with E-state index in [0.29, 0.717) is 17.5 Å². The lowest BCUT2D eigenvalue weighted by Crippen LogP contribution is -2.47. The van der Waals surface area contributed by atoms with Crippen LogP contribution in [-0.2, 0) is 0 Å². The number of aliphatic hydroxyl groups excluding tert-OH is 2. The molecule has 2 N–H and O–H groups in total. The molecule has 1 fully saturated rings. The molecule has 1 atom stereocenters. The second-order valence-electron chi connectivity index (χ2n) is 5.72. The van der Waals surface area contributed by atoms with E-state index in [1.54, 1.807) is 19.1 Å². The highest BCUT2D eigenvalue weighted by atomic mass is 19.1. The molecule has 1 aromatic rings. The molecule has 1 saturated heterocycles. The molecule has 4 nitrogen and oxygen atoms in total. The number of β-amino-alcohol motifs (C(OH)–C–C–N with tert-alkyl or cyclic N) is 1. The van der Waals surface area contributed by atoms with Crippen LogP contribution in [0.4, 0.5) is 4.39 Å². The van der Waals surface area contributed by atoms with Crippen molar-refractivity contribution in [2.75, 3.05) is 45.9 Å². The Labute approximate surface area is 125 Å². The van der Waals surface area contributed by atoms with Gasteiger partial charge in [0, 0.05) is 39.3 Å². The minimum atomic E-state index is -0.615. The average Bonchev–Trinajstić information content (AvgIpc) is 2.49. The number of halogens is 1. The van der Waals surface area contributed by atoms with Gasteiger partial charge in [-0.2, -0.15) is 0 Å². The van der Waals surface area contributed by atoms with Crippen molar-refractivity contribution in [1.29, 1.82) is 0 Å². The molecule has 2 rings (SSSR count). The summed E-state index contributed by atoms with van der Waals surface area (Å²) in [6, 6.07) is 4.93. The topological polar surface area (TPSA) is 46.9 Å². The van der Waals surface area contributed by atoms with Crippen LogP contribution in [-0.4, -0.2) is 65.9 Å². The van der Waals surface area contributed by atoms with Gasteiger partial charge in [0.25, 0.3) is 0 Å². The average molecular weight is 296 g/mol. The van der Waals surface area contributed by atoms with Gasteiger partial charge in [-0.05, 0) is 30.5 Å². The summed E-state index contributed by atoms with van der Waals surface area (Å²) in [5, 5.41) is 19.1. The number of aryl methyl sites for hydroxylation is 1. The van der Waals surface area contributed by atoms with E-state index < -0.39 is 6.10 Å². The number of hydrogen-bond acceptors (Lipinski definition) is 4. The molecular weight excluding hydrogens is 271 g/mol. The maximum absolute atomic E-state index is 13.5. The molecule has 0 amide bonds. The van der Waals surface area contributed by atoms with E-state index in [0.717, 1.165) is 39.3 Å². The fourth-order valence-corrected chi connectivity index (χ4v) is 2.67. The first-order chi connectivity index (χ1) is 10.1. The third kappa shape index (κ3) is 4.74. The van der Waals surface area contributed by atoms with Crippen molar-refractivity contribution in [2.24, 2.45) is 0 Å². The molecule has 1 heterocycles. The molecule has 0 radical (unpaired) electrons. The Morgan fingerprint density at radius 3 is 2.33 bits per heavy atom. The lowest BCUT2D eigenvalue weighted by atomic mass is 10.0. The van der Waals surface area contributed by atoms with Gasteiger partial charge in [0.1, 0.15) is 5.82 Å². The van der Waals surface area contributed by atoms with Crippen molar-refractivity contribution in [1.82, 2.24) is 9.80 Å². The molecule has 1 unspecified atom stereocenters. The van der Waals surface area contributed by atoms with Crippen molar-refractivity contribution in [3.05, 3.63) is 35.1 Å². The molecule has 1 aromatic carbocycles. The predicted molar refractivity (Wildman–Crippen MR) is 80.7 cm³/mol. The highest BCUT2D eigenvalue weighted by Crippen LogP contribution is 2.20. The van der Waals surface area contributed by atoms with Gasteiger partial charge in [-0.3, -0.25) is 4.90 Å². The van der Waals surface area contributed by atoms with Gasteiger partial charge in [0.2, 0.25) is 0 Å². The standard InChI is InChI=1S/C16H25FN2O2/c1-13-2-3-14(12-15(13)17)16(21)4-5-18-6-8-19(9-7-18)10-11-20/h2-3,12,16,20-21H,4-11H2,1H3. The fraction of sp³-hybridized carbons (Fsp3) is 0.625. The van der Waals surface area contributed by atoms with Crippen molar-refractivity contribution in [2.45, 2.75) is 19.4 Å². The molecule has 0 aromatic heterocycles. The van der Waals surface area contributed by atoms with Gasteiger partial charge in [-0.15, -0.1) is 0 Å². The zero-order valence-corrected chi connectivity index (χ0v) is 12.6. The van der Waals surface area contributed by atoms with Gasteiger partial charge >= 0.3 is 0 Å². The van der Waals surface area contributed by atoms with Gasteiger partial charge in [-0.1, -0.05) is 12.1 Å². The van der Waals surface area contributed by atoms with Crippen molar-refractivity contribution < 1.29 is 14.6 Å². The van der Waals surface area contributed by atoms with E-state index in [1.165, 1.54) is 6.07 Å². The smallest absolute Gasteiger partial charge is 0.126 e. The lowest BCUT2D eigenvalue weighted by molar-refractivity contribution is 0.0923. The molecule has 0 aliphatic carbocycles. The van der Waals surface area contributed by atoms with Crippen LogP contribution in [0.5, 0.6) is 0 Å². The third-order valence-corrected chi connectivity index (χ3v) is 4.18. The lowest BCUT2D eigenvalue weighted by Gasteiger charge is -2.34. The predicted octanol–water partition coefficient (Wildman–Crippen LogP) is 1.17. The van der Waals surface area contributed by atoms with Crippen molar-refractivity contribution in [3.63, 3.8) is 0 Å². The van der Waals surface area contributed by atoms with Crippen LogP contribution in [0.3, 0.4) is 0 Å². The number of piperazine rings is 1. The summed E-state index contributed by atoms with van der Waals surface area (Å²) >= 11 is 0. The van der Waals surface area contributed by atoms with E-state index in [2.05, 4.69) is 9.80 Å². The van der Waals surface area contributed by atoms with E-state index in [9.17, 15) is 9.50 Å². The molecule has 0 bridgehead atoms. The number of rotatable bonds is 6. The number of nitrogens with zero attached hydrogens (tertiary/aromatic N) is 2. The summed E-state index contributed by atoms with van der Waals surface area (Å²) in [6.07, 6.45) is -0.00162. The Kier molecular flexibility index (Phi) is 6.11. The quantitative estimate of drug-likeness (QED) is 0.827. The maximum Gasteiger partial charge on any atom is 0.126 e. The van der Waals surface area contributed by atoms with Gasteiger partial charge in [0.15, 0.2) is 0 Å². The normalized spacial score (nSPS) is 18.9. The second kappa shape index (κ2) is 7.84. The summed E-state index contributed by atoms with van der Waals surface area (Å²) in [7, 11) is 0.